The van der Waals surface area contributed by atoms with Gasteiger partial charge in [0.25, 0.3) is 0 Å². The minimum Gasteiger partial charge on any atom is -0.377 e. The van der Waals surface area contributed by atoms with Gasteiger partial charge in [0, 0.05) is 6.54 Å². The maximum absolute atomic E-state index is 5.27. The van der Waals surface area contributed by atoms with Crippen molar-refractivity contribution in [3.8, 4) is 0 Å². The fourth-order valence-electron chi connectivity index (χ4n) is 1.67. The highest BCUT2D eigenvalue weighted by atomic mass is 32.1. The molecule has 2 heterocycles. The second kappa shape index (κ2) is 6.05. The van der Waals surface area contributed by atoms with Crippen LogP contribution in [-0.4, -0.2) is 19.8 Å². The van der Waals surface area contributed by atoms with Gasteiger partial charge in [0.2, 0.25) is 0 Å². The highest BCUT2D eigenvalue weighted by Gasteiger charge is 2.02. The molecule has 0 spiro atoms. The van der Waals surface area contributed by atoms with Crippen molar-refractivity contribution < 1.29 is 4.74 Å². The molecule has 0 radical (unpaired) electrons. The first-order valence-corrected chi connectivity index (χ1v) is 6.37. The average Bonchev–Trinajstić information content (AvgIpc) is 2.79. The zero-order valence-electron chi connectivity index (χ0n) is 8.87. The van der Waals surface area contributed by atoms with Crippen molar-refractivity contribution in [3.05, 3.63) is 34.0 Å². The number of nitrogens with one attached hydrogen (secondary N) is 1. The maximum Gasteiger partial charge on any atom is 0.0650 e. The van der Waals surface area contributed by atoms with E-state index in [2.05, 4.69) is 28.2 Å². The minimum absolute atomic E-state index is 0.805. The molecule has 1 aromatic rings. The number of thiophene rings is 1. The molecule has 2 rings (SSSR count). The lowest BCUT2D eigenvalue weighted by Crippen LogP contribution is -2.16. The highest BCUT2D eigenvalue weighted by Crippen LogP contribution is 2.11. The van der Waals surface area contributed by atoms with Crippen molar-refractivity contribution in [1.29, 1.82) is 0 Å². The third kappa shape index (κ3) is 3.78. The van der Waals surface area contributed by atoms with Gasteiger partial charge in [-0.25, -0.2) is 0 Å². The van der Waals surface area contributed by atoms with Crippen molar-refractivity contribution >= 4 is 11.3 Å². The van der Waals surface area contributed by atoms with Crippen molar-refractivity contribution in [2.75, 3.05) is 19.8 Å². The number of rotatable bonds is 5. The topological polar surface area (TPSA) is 21.3 Å². The first-order valence-electron chi connectivity index (χ1n) is 5.42. The molecule has 0 aromatic carbocycles. The summed E-state index contributed by atoms with van der Waals surface area (Å²) in [6, 6.07) is 2.17. The molecule has 15 heavy (non-hydrogen) atoms. The Hall–Kier alpha value is -0.640. The highest BCUT2D eigenvalue weighted by molar-refractivity contribution is 7.07. The standard InChI is InChI=1S/C12H17NOS/c1(11-2-6-14-7-3-11)5-13-9-12-4-8-15-10-12/h2,4,8,10,13H,1,3,5-7,9H2. The van der Waals surface area contributed by atoms with Crippen LogP contribution in [0.4, 0.5) is 0 Å². The fourth-order valence-corrected chi connectivity index (χ4v) is 2.34. The van der Waals surface area contributed by atoms with Crippen LogP contribution in [0.25, 0.3) is 0 Å². The monoisotopic (exact) mass is 223 g/mol. The molecule has 0 fully saturated rings. The second-order valence-electron chi connectivity index (χ2n) is 3.75. The van der Waals surface area contributed by atoms with Crippen molar-refractivity contribution in [3.63, 3.8) is 0 Å². The van der Waals surface area contributed by atoms with Gasteiger partial charge >= 0.3 is 0 Å². The molecule has 1 aliphatic rings. The number of ether oxygens (including phenoxy) is 1. The van der Waals surface area contributed by atoms with Gasteiger partial charge in [0.1, 0.15) is 0 Å². The molecule has 0 atom stereocenters. The van der Waals surface area contributed by atoms with E-state index in [0.29, 0.717) is 0 Å². The summed E-state index contributed by atoms with van der Waals surface area (Å²) < 4.78 is 5.27. The molecule has 1 aliphatic heterocycles. The van der Waals surface area contributed by atoms with E-state index in [4.69, 9.17) is 4.74 Å². The van der Waals surface area contributed by atoms with E-state index in [1.54, 1.807) is 16.9 Å². The molecule has 0 bridgehead atoms. The molecule has 0 amide bonds. The van der Waals surface area contributed by atoms with Gasteiger partial charge in [0.05, 0.1) is 13.2 Å². The molecule has 2 nitrogen and oxygen atoms in total. The predicted molar refractivity (Wildman–Crippen MR) is 64.2 cm³/mol. The molecule has 82 valence electrons. The Morgan fingerprint density at radius 2 is 2.47 bits per heavy atom. The number of hydrogen-bond donors (Lipinski definition) is 1. The van der Waals surface area contributed by atoms with Crippen LogP contribution >= 0.6 is 11.3 Å². The van der Waals surface area contributed by atoms with Crippen LogP contribution in [-0.2, 0) is 11.3 Å². The van der Waals surface area contributed by atoms with Gasteiger partial charge in [-0.05, 0) is 41.8 Å². The summed E-state index contributed by atoms with van der Waals surface area (Å²) >= 11 is 1.76. The Kier molecular flexibility index (Phi) is 4.39. The normalized spacial score (nSPS) is 16.4. The zero-order valence-corrected chi connectivity index (χ0v) is 9.69. The fraction of sp³-hybridized carbons (Fsp3) is 0.500. The van der Waals surface area contributed by atoms with Gasteiger partial charge in [-0.1, -0.05) is 11.6 Å². The van der Waals surface area contributed by atoms with Crippen LogP contribution in [0.15, 0.2) is 28.5 Å². The molecule has 1 N–H and O–H groups in total. The Morgan fingerprint density at radius 1 is 1.47 bits per heavy atom. The summed E-state index contributed by atoms with van der Waals surface area (Å²) in [5.41, 5.74) is 2.93. The minimum atomic E-state index is 0.805. The van der Waals surface area contributed by atoms with Crippen molar-refractivity contribution in [1.82, 2.24) is 5.32 Å². The SMILES string of the molecule is C1=C(CCNCc2ccsc2)CCOC1. The predicted octanol–water partition coefficient (Wildman–Crippen LogP) is 2.57. The molecule has 3 heteroatoms. The summed E-state index contributed by atoms with van der Waals surface area (Å²) in [6.45, 7) is 3.77. The third-order valence-electron chi connectivity index (χ3n) is 2.59. The molecular formula is C12H17NOS. The quantitative estimate of drug-likeness (QED) is 0.612. The van der Waals surface area contributed by atoms with Gasteiger partial charge in [-0.2, -0.15) is 11.3 Å². The summed E-state index contributed by atoms with van der Waals surface area (Å²) in [7, 11) is 0. The molecule has 1 aromatic heterocycles. The largest absolute Gasteiger partial charge is 0.377 e. The first-order chi connectivity index (χ1) is 7.45. The Balaban J connectivity index is 1.60. The molecule has 0 saturated heterocycles. The van der Waals surface area contributed by atoms with E-state index < -0.39 is 0 Å². The van der Waals surface area contributed by atoms with Crippen LogP contribution in [0, 0.1) is 0 Å². The molecule has 0 unspecified atom stereocenters. The second-order valence-corrected chi connectivity index (χ2v) is 4.53. The van der Waals surface area contributed by atoms with Crippen molar-refractivity contribution in [2.24, 2.45) is 0 Å². The smallest absolute Gasteiger partial charge is 0.0650 e. The van der Waals surface area contributed by atoms with Crippen LogP contribution in [0.5, 0.6) is 0 Å². The Labute approximate surface area is 95.0 Å². The molecule has 0 saturated carbocycles. The van der Waals surface area contributed by atoms with E-state index in [1.165, 1.54) is 5.56 Å². The maximum atomic E-state index is 5.27. The summed E-state index contributed by atoms with van der Waals surface area (Å²) in [5, 5.41) is 7.78. The lowest BCUT2D eigenvalue weighted by Gasteiger charge is -2.13. The van der Waals surface area contributed by atoms with Crippen LogP contribution < -0.4 is 5.32 Å². The van der Waals surface area contributed by atoms with E-state index in [0.717, 1.165) is 39.1 Å². The zero-order chi connectivity index (χ0) is 10.3. The third-order valence-corrected chi connectivity index (χ3v) is 3.32. The van der Waals surface area contributed by atoms with Gasteiger partial charge in [-0.3, -0.25) is 0 Å². The van der Waals surface area contributed by atoms with E-state index >= 15 is 0 Å². The Bertz CT molecular complexity index is 305. The number of hydrogen-bond acceptors (Lipinski definition) is 3. The van der Waals surface area contributed by atoms with E-state index in [9.17, 15) is 0 Å². The van der Waals surface area contributed by atoms with Gasteiger partial charge in [0.15, 0.2) is 0 Å². The molecular weight excluding hydrogens is 206 g/mol. The lowest BCUT2D eigenvalue weighted by molar-refractivity contribution is 0.153. The average molecular weight is 223 g/mol. The van der Waals surface area contributed by atoms with Crippen LogP contribution in [0.1, 0.15) is 18.4 Å². The van der Waals surface area contributed by atoms with Crippen molar-refractivity contribution in [2.45, 2.75) is 19.4 Å². The summed E-state index contributed by atoms with van der Waals surface area (Å²) in [6.07, 6.45) is 4.49. The lowest BCUT2D eigenvalue weighted by atomic mass is 10.1. The van der Waals surface area contributed by atoms with Crippen LogP contribution in [0.2, 0.25) is 0 Å². The Morgan fingerprint density at radius 3 is 3.20 bits per heavy atom. The van der Waals surface area contributed by atoms with Crippen LogP contribution in [0.3, 0.4) is 0 Å². The van der Waals surface area contributed by atoms with Gasteiger partial charge < -0.3 is 10.1 Å². The van der Waals surface area contributed by atoms with E-state index in [1.807, 2.05) is 0 Å². The summed E-state index contributed by atoms with van der Waals surface area (Å²) in [4.78, 5) is 0. The van der Waals surface area contributed by atoms with Gasteiger partial charge in [-0.15, -0.1) is 0 Å². The summed E-state index contributed by atoms with van der Waals surface area (Å²) in [5.74, 6) is 0. The first kappa shape index (κ1) is 10.9. The molecule has 0 aliphatic carbocycles. The van der Waals surface area contributed by atoms with E-state index in [-0.39, 0.29) is 0 Å².